The summed E-state index contributed by atoms with van der Waals surface area (Å²) in [5.74, 6) is 1.35. The maximum absolute atomic E-state index is 12.0. The van der Waals surface area contributed by atoms with Crippen LogP contribution in [0, 0.1) is 5.92 Å². The van der Waals surface area contributed by atoms with E-state index in [0.717, 1.165) is 24.2 Å². The maximum atomic E-state index is 12.0. The Balaban J connectivity index is 1.67. The molecule has 1 aliphatic carbocycles. The Bertz CT molecular complexity index is 600. The van der Waals surface area contributed by atoms with Crippen molar-refractivity contribution >= 4 is 12.0 Å². The van der Waals surface area contributed by atoms with Crippen molar-refractivity contribution in [1.29, 1.82) is 0 Å². The third-order valence-corrected chi connectivity index (χ3v) is 3.93. The van der Waals surface area contributed by atoms with Crippen molar-refractivity contribution in [3.63, 3.8) is 0 Å². The summed E-state index contributed by atoms with van der Waals surface area (Å²) in [6.45, 7) is 0.922. The maximum Gasteiger partial charge on any atom is 0.325 e. The summed E-state index contributed by atoms with van der Waals surface area (Å²) in [5, 5.41) is 5.43. The highest BCUT2D eigenvalue weighted by Crippen LogP contribution is 2.43. The highest BCUT2D eigenvalue weighted by molar-refractivity contribution is 5.81. The largest absolute Gasteiger partial charge is 0.486 e. The molecule has 1 heterocycles. The zero-order valence-corrected chi connectivity index (χ0v) is 13.0. The second kappa shape index (κ2) is 6.76. The van der Waals surface area contributed by atoms with Crippen LogP contribution in [0.4, 0.5) is 4.79 Å². The van der Waals surface area contributed by atoms with Crippen molar-refractivity contribution in [1.82, 2.24) is 10.6 Å². The number of hydrogen-bond donors (Lipinski definition) is 2. The lowest BCUT2D eigenvalue weighted by molar-refractivity contribution is -0.139. The molecule has 124 valence electrons. The second-order valence-corrected chi connectivity index (χ2v) is 5.62. The van der Waals surface area contributed by atoms with Crippen LogP contribution in [0.25, 0.3) is 0 Å². The lowest BCUT2D eigenvalue weighted by atomic mass is 10.0. The Morgan fingerprint density at radius 1 is 1.26 bits per heavy atom. The summed E-state index contributed by atoms with van der Waals surface area (Å²) in [6.07, 6.45) is 2.13. The number of carbonyl (C=O) groups excluding carboxylic acids is 2. The Labute approximate surface area is 134 Å². The van der Waals surface area contributed by atoms with E-state index in [1.54, 1.807) is 0 Å². The fourth-order valence-corrected chi connectivity index (χ4v) is 2.57. The van der Waals surface area contributed by atoms with E-state index < -0.39 is 5.97 Å². The predicted octanol–water partition coefficient (Wildman–Crippen LogP) is 1.38. The van der Waals surface area contributed by atoms with Crippen molar-refractivity contribution in [2.24, 2.45) is 5.92 Å². The van der Waals surface area contributed by atoms with Gasteiger partial charge in [-0.1, -0.05) is 6.07 Å². The minimum Gasteiger partial charge on any atom is -0.486 e. The molecule has 3 rings (SSSR count). The molecule has 1 unspecified atom stereocenters. The summed E-state index contributed by atoms with van der Waals surface area (Å²) < 4.78 is 15.6. The number of hydrogen-bond acceptors (Lipinski definition) is 5. The number of carbonyl (C=O) groups is 2. The van der Waals surface area contributed by atoms with E-state index >= 15 is 0 Å². The molecule has 0 radical (unpaired) electrons. The van der Waals surface area contributed by atoms with Gasteiger partial charge in [0.15, 0.2) is 11.5 Å². The Morgan fingerprint density at radius 2 is 2.00 bits per heavy atom. The Hall–Kier alpha value is -2.44. The monoisotopic (exact) mass is 320 g/mol. The quantitative estimate of drug-likeness (QED) is 0.801. The van der Waals surface area contributed by atoms with E-state index in [0.29, 0.717) is 24.9 Å². The molecule has 23 heavy (non-hydrogen) atoms. The van der Waals surface area contributed by atoms with Gasteiger partial charge in [-0.15, -0.1) is 0 Å². The molecule has 7 nitrogen and oxygen atoms in total. The number of nitrogens with one attached hydrogen (secondary N) is 2. The third kappa shape index (κ3) is 3.85. The normalized spacial score (nSPS) is 17.1. The molecular formula is C16H20N2O5. The van der Waals surface area contributed by atoms with Crippen molar-refractivity contribution < 1.29 is 23.8 Å². The van der Waals surface area contributed by atoms with Crippen LogP contribution in [-0.4, -0.2) is 38.9 Å². The minimum atomic E-state index is -0.484. The van der Waals surface area contributed by atoms with Crippen LogP contribution >= 0.6 is 0 Å². The highest BCUT2D eigenvalue weighted by atomic mass is 16.6. The lowest BCUT2D eigenvalue weighted by Gasteiger charge is -2.23. The Morgan fingerprint density at radius 3 is 2.70 bits per heavy atom. The first-order valence-electron chi connectivity index (χ1n) is 7.68. The van der Waals surface area contributed by atoms with Crippen molar-refractivity contribution in [2.45, 2.75) is 18.9 Å². The third-order valence-electron chi connectivity index (χ3n) is 3.93. The van der Waals surface area contributed by atoms with E-state index in [4.69, 9.17) is 9.47 Å². The molecule has 0 spiro atoms. The Kier molecular flexibility index (Phi) is 4.55. The van der Waals surface area contributed by atoms with Crippen LogP contribution in [0.15, 0.2) is 18.2 Å². The van der Waals surface area contributed by atoms with Gasteiger partial charge in [0.2, 0.25) is 0 Å². The van der Waals surface area contributed by atoms with Gasteiger partial charge >= 0.3 is 12.0 Å². The molecular weight excluding hydrogens is 300 g/mol. The van der Waals surface area contributed by atoms with Gasteiger partial charge in [0.05, 0.1) is 13.2 Å². The molecule has 0 aromatic heterocycles. The number of esters is 1. The number of methoxy groups -OCH3 is 1. The highest BCUT2D eigenvalue weighted by Gasteiger charge is 2.34. The number of urea groups is 1. The first kappa shape index (κ1) is 15.5. The SMILES string of the molecule is COC(=O)CNC(=O)NC(c1ccc2c(c1)OCCO2)C1CC1. The molecule has 1 aromatic rings. The van der Waals surface area contributed by atoms with Crippen LogP contribution in [0.5, 0.6) is 11.5 Å². The summed E-state index contributed by atoms with van der Waals surface area (Å²) in [4.78, 5) is 23.1. The van der Waals surface area contributed by atoms with Gasteiger partial charge in [0.25, 0.3) is 0 Å². The van der Waals surface area contributed by atoms with Crippen molar-refractivity contribution in [3.8, 4) is 11.5 Å². The number of fused-ring (bicyclic) bond motifs is 1. The molecule has 2 N–H and O–H groups in total. The van der Waals surface area contributed by atoms with Crippen LogP contribution in [0.1, 0.15) is 24.4 Å². The first-order chi connectivity index (χ1) is 11.2. The average molecular weight is 320 g/mol. The molecule has 1 fully saturated rings. The van der Waals surface area contributed by atoms with E-state index in [1.165, 1.54) is 7.11 Å². The topological polar surface area (TPSA) is 85.9 Å². The van der Waals surface area contributed by atoms with E-state index in [9.17, 15) is 9.59 Å². The van der Waals surface area contributed by atoms with Gasteiger partial charge in [-0.25, -0.2) is 4.79 Å². The molecule has 1 aromatic carbocycles. The molecule has 0 bridgehead atoms. The van der Waals surface area contributed by atoms with Crippen LogP contribution in [-0.2, 0) is 9.53 Å². The van der Waals surface area contributed by atoms with Gasteiger partial charge in [-0.05, 0) is 36.5 Å². The summed E-state index contributed by atoms with van der Waals surface area (Å²) in [5.41, 5.74) is 0.977. The fraction of sp³-hybridized carbons (Fsp3) is 0.500. The molecule has 0 saturated heterocycles. The average Bonchev–Trinajstić information content (AvgIpc) is 3.42. The van der Waals surface area contributed by atoms with E-state index in [2.05, 4.69) is 15.4 Å². The van der Waals surface area contributed by atoms with Gasteiger partial charge in [0.1, 0.15) is 19.8 Å². The van der Waals surface area contributed by atoms with E-state index in [-0.39, 0.29) is 18.6 Å². The standard InChI is InChI=1S/C16H20N2O5/c1-21-14(19)9-17-16(20)18-15(10-2-3-10)11-4-5-12-13(8-11)23-7-6-22-12/h4-5,8,10,15H,2-3,6-7,9H2,1H3,(H2,17,18,20). The van der Waals surface area contributed by atoms with Gasteiger partial charge in [0, 0.05) is 0 Å². The molecule has 7 heteroatoms. The molecule has 2 aliphatic rings. The van der Waals surface area contributed by atoms with E-state index in [1.807, 2.05) is 18.2 Å². The smallest absolute Gasteiger partial charge is 0.325 e. The minimum absolute atomic E-state index is 0.108. The number of amides is 2. The summed E-state index contributed by atoms with van der Waals surface area (Å²) >= 11 is 0. The summed E-state index contributed by atoms with van der Waals surface area (Å²) in [6, 6.07) is 5.23. The first-order valence-corrected chi connectivity index (χ1v) is 7.68. The second-order valence-electron chi connectivity index (χ2n) is 5.62. The zero-order valence-electron chi connectivity index (χ0n) is 13.0. The molecule has 1 aliphatic heterocycles. The summed E-state index contributed by atoms with van der Waals surface area (Å²) in [7, 11) is 1.28. The molecule has 1 atom stereocenters. The van der Waals surface area contributed by atoms with Crippen molar-refractivity contribution in [2.75, 3.05) is 26.9 Å². The van der Waals surface area contributed by atoms with Crippen LogP contribution in [0.2, 0.25) is 0 Å². The van der Waals surface area contributed by atoms with Crippen molar-refractivity contribution in [3.05, 3.63) is 23.8 Å². The molecule has 2 amide bonds. The van der Waals surface area contributed by atoms with Gasteiger partial charge in [-0.3, -0.25) is 4.79 Å². The predicted molar refractivity (Wildman–Crippen MR) is 81.4 cm³/mol. The fourth-order valence-electron chi connectivity index (χ4n) is 2.57. The number of ether oxygens (including phenoxy) is 3. The zero-order chi connectivity index (χ0) is 16.2. The lowest BCUT2D eigenvalue weighted by Crippen LogP contribution is -2.41. The van der Waals surface area contributed by atoms with Crippen LogP contribution < -0.4 is 20.1 Å². The van der Waals surface area contributed by atoms with Gasteiger partial charge in [-0.2, -0.15) is 0 Å². The molecule has 1 saturated carbocycles. The number of rotatable bonds is 5. The van der Waals surface area contributed by atoms with Crippen LogP contribution in [0.3, 0.4) is 0 Å². The van der Waals surface area contributed by atoms with Gasteiger partial charge < -0.3 is 24.8 Å². The number of benzene rings is 1.